The van der Waals surface area contributed by atoms with Crippen molar-refractivity contribution in [3.05, 3.63) is 65.2 Å². The largest absolute Gasteiger partial charge is 0.469 e. The molecule has 1 saturated heterocycles. The summed E-state index contributed by atoms with van der Waals surface area (Å²) >= 11 is 0. The van der Waals surface area contributed by atoms with Crippen LogP contribution in [0.1, 0.15) is 29.5 Å². The van der Waals surface area contributed by atoms with E-state index in [0.717, 1.165) is 37.2 Å². The van der Waals surface area contributed by atoms with Crippen LogP contribution < -0.4 is 15.5 Å². The summed E-state index contributed by atoms with van der Waals surface area (Å²) in [5.41, 5.74) is 3.86. The molecular formula is C23H28ClN3O3. The van der Waals surface area contributed by atoms with Gasteiger partial charge in [-0.2, -0.15) is 0 Å². The van der Waals surface area contributed by atoms with Crippen molar-refractivity contribution >= 4 is 30.1 Å². The topological polar surface area (TPSA) is 70.7 Å². The van der Waals surface area contributed by atoms with Gasteiger partial charge in [0.05, 0.1) is 12.6 Å². The predicted molar refractivity (Wildman–Crippen MR) is 119 cm³/mol. The third-order valence-electron chi connectivity index (χ3n) is 6.03. The van der Waals surface area contributed by atoms with Crippen molar-refractivity contribution in [2.45, 2.75) is 31.2 Å². The Labute approximate surface area is 183 Å². The number of benzene rings is 2. The van der Waals surface area contributed by atoms with Gasteiger partial charge in [0, 0.05) is 18.7 Å². The molecule has 2 aromatic rings. The minimum absolute atomic E-state index is 0. The molecule has 30 heavy (non-hydrogen) atoms. The van der Waals surface area contributed by atoms with Crippen molar-refractivity contribution < 1.29 is 14.3 Å². The summed E-state index contributed by atoms with van der Waals surface area (Å²) in [6, 6.07) is 16.1. The smallest absolute Gasteiger partial charge is 0.322 e. The molecule has 1 fully saturated rings. The molecule has 7 heteroatoms. The van der Waals surface area contributed by atoms with Crippen molar-refractivity contribution in [2.75, 3.05) is 31.6 Å². The van der Waals surface area contributed by atoms with Crippen molar-refractivity contribution in [2.24, 2.45) is 0 Å². The van der Waals surface area contributed by atoms with E-state index in [4.69, 9.17) is 4.74 Å². The SMILES string of the molecule is COC(=O)CCC1(c2ccccc2)CNC(=O)N1c1ccc2c(c1)CCNCC2.Cl. The van der Waals surface area contributed by atoms with Crippen LogP contribution in [0.5, 0.6) is 0 Å². The minimum Gasteiger partial charge on any atom is -0.469 e. The molecule has 4 rings (SSSR count). The highest BCUT2D eigenvalue weighted by Gasteiger charge is 2.47. The van der Waals surface area contributed by atoms with E-state index in [0.29, 0.717) is 13.0 Å². The number of carbonyl (C=O) groups excluding carboxylic acids is 2. The Morgan fingerprint density at radius 3 is 2.57 bits per heavy atom. The number of fused-ring (bicyclic) bond motifs is 1. The Morgan fingerprint density at radius 1 is 1.10 bits per heavy atom. The highest BCUT2D eigenvalue weighted by atomic mass is 35.5. The molecule has 2 aromatic carbocycles. The molecule has 2 amide bonds. The first-order valence-electron chi connectivity index (χ1n) is 10.2. The van der Waals surface area contributed by atoms with Crippen LogP contribution in [0.4, 0.5) is 10.5 Å². The number of carbonyl (C=O) groups is 2. The van der Waals surface area contributed by atoms with Gasteiger partial charge in [-0.05, 0) is 61.2 Å². The van der Waals surface area contributed by atoms with Gasteiger partial charge < -0.3 is 15.4 Å². The molecule has 0 aliphatic carbocycles. The highest BCUT2D eigenvalue weighted by molar-refractivity contribution is 5.96. The van der Waals surface area contributed by atoms with E-state index in [1.807, 2.05) is 41.3 Å². The summed E-state index contributed by atoms with van der Waals surface area (Å²) in [4.78, 5) is 26.8. The average Bonchev–Trinajstić information content (AvgIpc) is 2.93. The number of esters is 1. The summed E-state index contributed by atoms with van der Waals surface area (Å²) in [5.74, 6) is -0.271. The number of ether oxygens (including phenoxy) is 1. The molecule has 2 N–H and O–H groups in total. The van der Waals surface area contributed by atoms with Crippen molar-refractivity contribution in [1.29, 1.82) is 0 Å². The fraction of sp³-hybridized carbons (Fsp3) is 0.391. The van der Waals surface area contributed by atoms with Crippen LogP contribution in [0, 0.1) is 0 Å². The van der Waals surface area contributed by atoms with Crippen LogP contribution in [0.3, 0.4) is 0 Å². The molecule has 2 heterocycles. The standard InChI is InChI=1S/C23H27N3O3.ClH/c1-29-21(27)9-12-23(19-5-3-2-4-6-19)16-25-22(28)26(23)20-8-7-17-10-13-24-14-11-18(17)15-20;/h2-8,15,24H,9-14,16H2,1H3,(H,25,28);1H. The lowest BCUT2D eigenvalue weighted by Crippen LogP contribution is -2.45. The molecule has 6 nitrogen and oxygen atoms in total. The van der Waals surface area contributed by atoms with Crippen LogP contribution in [0.2, 0.25) is 0 Å². The number of urea groups is 1. The quantitative estimate of drug-likeness (QED) is 0.716. The van der Waals surface area contributed by atoms with Crippen LogP contribution >= 0.6 is 12.4 Å². The fourth-order valence-electron chi connectivity index (χ4n) is 4.47. The maximum Gasteiger partial charge on any atom is 0.322 e. The third-order valence-corrected chi connectivity index (χ3v) is 6.03. The number of hydrogen-bond donors (Lipinski definition) is 2. The lowest BCUT2D eigenvalue weighted by atomic mass is 9.84. The molecule has 0 bridgehead atoms. The third kappa shape index (κ3) is 4.16. The highest BCUT2D eigenvalue weighted by Crippen LogP contribution is 2.40. The summed E-state index contributed by atoms with van der Waals surface area (Å²) in [6.07, 6.45) is 2.67. The van der Waals surface area contributed by atoms with Gasteiger partial charge >= 0.3 is 12.0 Å². The molecule has 2 aliphatic heterocycles. The van der Waals surface area contributed by atoms with E-state index in [9.17, 15) is 9.59 Å². The zero-order valence-electron chi connectivity index (χ0n) is 17.1. The molecule has 2 aliphatic rings. The number of nitrogens with one attached hydrogen (secondary N) is 2. The van der Waals surface area contributed by atoms with E-state index in [-0.39, 0.29) is 30.8 Å². The van der Waals surface area contributed by atoms with Gasteiger partial charge in [-0.3, -0.25) is 9.69 Å². The van der Waals surface area contributed by atoms with Crippen LogP contribution in [0.25, 0.3) is 0 Å². The second kappa shape index (κ2) is 9.49. The van der Waals surface area contributed by atoms with Crippen molar-refractivity contribution in [3.8, 4) is 0 Å². The number of hydrogen-bond acceptors (Lipinski definition) is 4. The first-order chi connectivity index (χ1) is 14.1. The molecule has 0 spiro atoms. The lowest BCUT2D eigenvalue weighted by Gasteiger charge is -2.38. The molecule has 1 atom stereocenters. The summed E-state index contributed by atoms with van der Waals surface area (Å²) in [7, 11) is 1.40. The van der Waals surface area contributed by atoms with Gasteiger partial charge in [-0.25, -0.2) is 4.79 Å². The maximum absolute atomic E-state index is 13.0. The van der Waals surface area contributed by atoms with E-state index in [1.54, 1.807) is 0 Å². The summed E-state index contributed by atoms with van der Waals surface area (Å²) in [6.45, 7) is 2.37. The number of methoxy groups -OCH3 is 1. The number of anilines is 1. The van der Waals surface area contributed by atoms with Gasteiger partial charge in [0.1, 0.15) is 0 Å². The zero-order valence-corrected chi connectivity index (χ0v) is 18.0. The lowest BCUT2D eigenvalue weighted by molar-refractivity contribution is -0.141. The van der Waals surface area contributed by atoms with E-state index in [1.165, 1.54) is 18.2 Å². The fourth-order valence-corrected chi connectivity index (χ4v) is 4.47. The van der Waals surface area contributed by atoms with E-state index >= 15 is 0 Å². The molecule has 0 radical (unpaired) electrons. The first kappa shape index (κ1) is 22.1. The van der Waals surface area contributed by atoms with Gasteiger partial charge in [-0.1, -0.05) is 36.4 Å². The van der Waals surface area contributed by atoms with Gasteiger partial charge in [0.25, 0.3) is 0 Å². The molecule has 160 valence electrons. The van der Waals surface area contributed by atoms with Crippen LogP contribution in [-0.2, 0) is 27.9 Å². The van der Waals surface area contributed by atoms with E-state index < -0.39 is 5.54 Å². The Hall–Kier alpha value is -2.57. The van der Waals surface area contributed by atoms with Crippen LogP contribution in [0.15, 0.2) is 48.5 Å². The normalized spacial score (nSPS) is 20.6. The van der Waals surface area contributed by atoms with Gasteiger partial charge in [-0.15, -0.1) is 12.4 Å². The average molecular weight is 430 g/mol. The minimum atomic E-state index is -0.635. The number of rotatable bonds is 5. The Morgan fingerprint density at radius 2 is 1.83 bits per heavy atom. The molecule has 0 aromatic heterocycles. The maximum atomic E-state index is 13.0. The molecule has 0 saturated carbocycles. The van der Waals surface area contributed by atoms with Gasteiger partial charge in [0.2, 0.25) is 0 Å². The summed E-state index contributed by atoms with van der Waals surface area (Å²) < 4.78 is 4.88. The van der Waals surface area contributed by atoms with Crippen molar-refractivity contribution in [3.63, 3.8) is 0 Å². The first-order valence-corrected chi connectivity index (χ1v) is 10.2. The molecule has 1 unspecified atom stereocenters. The zero-order chi connectivity index (χ0) is 20.3. The number of amides is 2. The van der Waals surface area contributed by atoms with Gasteiger partial charge in [0.15, 0.2) is 0 Å². The number of halogens is 1. The second-order valence-corrected chi connectivity index (χ2v) is 7.67. The predicted octanol–water partition coefficient (Wildman–Crippen LogP) is 3.17. The Balaban J connectivity index is 0.00000256. The Bertz CT molecular complexity index is 906. The monoisotopic (exact) mass is 429 g/mol. The number of nitrogens with zero attached hydrogens (tertiary/aromatic N) is 1. The summed E-state index contributed by atoms with van der Waals surface area (Å²) in [5, 5.41) is 6.44. The Kier molecular flexibility index (Phi) is 7.00. The van der Waals surface area contributed by atoms with Crippen molar-refractivity contribution in [1.82, 2.24) is 10.6 Å². The van der Waals surface area contributed by atoms with E-state index in [2.05, 4.69) is 22.8 Å². The molecular weight excluding hydrogens is 402 g/mol. The van der Waals surface area contributed by atoms with Crippen LogP contribution in [-0.4, -0.2) is 38.7 Å². The second-order valence-electron chi connectivity index (χ2n) is 7.67.